The van der Waals surface area contributed by atoms with Crippen LogP contribution >= 0.6 is 30.1 Å². The second kappa shape index (κ2) is 10.5. The van der Waals surface area contributed by atoms with Gasteiger partial charge in [0.25, 0.3) is 0 Å². The van der Waals surface area contributed by atoms with E-state index in [4.69, 9.17) is 0 Å². The van der Waals surface area contributed by atoms with Gasteiger partial charge in [0.2, 0.25) is 11.8 Å². The average Bonchev–Trinajstić information content (AvgIpc) is 2.52. The van der Waals surface area contributed by atoms with Gasteiger partial charge in [-0.1, -0.05) is 8.93 Å². The maximum Gasteiger partial charge on any atom is 0.236 e. The highest BCUT2D eigenvalue weighted by molar-refractivity contribution is 14.2. The topological polar surface area (TPSA) is 66.5 Å². The molecule has 1 rings (SSSR count). The molecule has 2 amide bonds. The monoisotopic (exact) mass is 440 g/mol. The van der Waals surface area contributed by atoms with Crippen molar-refractivity contribution in [2.24, 2.45) is 11.8 Å². The average molecular weight is 440 g/mol. The molecular formula is C15H25IN2O3S. The molecule has 1 N–H and O–H groups in total. The third-order valence-electron chi connectivity index (χ3n) is 4.17. The molecule has 0 saturated heterocycles. The lowest BCUT2D eigenvalue weighted by Gasteiger charge is -2.31. The number of nitrogens with one attached hydrogen (secondary N) is 1. The second-order valence-corrected chi connectivity index (χ2v) is 8.08. The summed E-state index contributed by atoms with van der Waals surface area (Å²) < 4.78 is 0. The van der Waals surface area contributed by atoms with Crippen LogP contribution in [0, 0.1) is 11.8 Å². The molecule has 1 unspecified atom stereocenters. The maximum absolute atomic E-state index is 12.3. The molecule has 0 radical (unpaired) electrons. The van der Waals surface area contributed by atoms with Gasteiger partial charge in [0, 0.05) is 32.5 Å². The molecule has 1 fully saturated rings. The number of carbonyl (C=O) groups excluding carboxylic acids is 3. The lowest BCUT2D eigenvalue weighted by Crippen LogP contribution is -2.39. The third-order valence-corrected chi connectivity index (χ3v) is 6.62. The zero-order valence-corrected chi connectivity index (χ0v) is 16.2. The molecule has 0 spiro atoms. The molecule has 1 aliphatic carbocycles. The van der Waals surface area contributed by atoms with E-state index in [0.717, 1.165) is 32.0 Å². The lowest BCUT2D eigenvalue weighted by molar-refractivity contribution is -0.131. The van der Waals surface area contributed by atoms with Gasteiger partial charge in [0.15, 0.2) is 0 Å². The van der Waals surface area contributed by atoms with Crippen molar-refractivity contribution in [1.29, 1.82) is 0 Å². The van der Waals surface area contributed by atoms with Gasteiger partial charge in [0.05, 0.1) is 0 Å². The summed E-state index contributed by atoms with van der Waals surface area (Å²) in [5.74, 6) is 0.774. The van der Waals surface area contributed by atoms with E-state index in [9.17, 15) is 14.4 Å². The summed E-state index contributed by atoms with van der Waals surface area (Å²) >= 11 is 2.08. The second-order valence-electron chi connectivity index (χ2n) is 5.81. The number of hydrogen-bond acceptors (Lipinski definition) is 4. The van der Waals surface area contributed by atoms with Crippen molar-refractivity contribution < 1.29 is 14.4 Å². The van der Waals surface area contributed by atoms with Crippen molar-refractivity contribution in [1.82, 2.24) is 10.2 Å². The van der Waals surface area contributed by atoms with Gasteiger partial charge in [-0.25, -0.2) is 0 Å². The molecule has 0 heterocycles. The van der Waals surface area contributed by atoms with Crippen LogP contribution in [0.5, 0.6) is 0 Å². The number of hydrogen-bond donors (Lipinski definition) is 1. The molecule has 5 nitrogen and oxygen atoms in total. The van der Waals surface area contributed by atoms with Crippen LogP contribution < -0.4 is 5.32 Å². The smallest absolute Gasteiger partial charge is 0.236 e. The first-order valence-electron chi connectivity index (χ1n) is 7.77. The maximum atomic E-state index is 12.3. The first-order valence-corrected chi connectivity index (χ1v) is 11.2. The largest absolute Gasteiger partial charge is 0.356 e. The van der Waals surface area contributed by atoms with Gasteiger partial charge in [0.1, 0.15) is 11.5 Å². The number of carbonyl (C=O) groups is 3. The predicted molar refractivity (Wildman–Crippen MR) is 97.8 cm³/mol. The fourth-order valence-corrected chi connectivity index (χ4v) is 4.59. The summed E-state index contributed by atoms with van der Waals surface area (Å²) in [6.45, 7) is 3.33. The highest BCUT2D eigenvalue weighted by atomic mass is 127. The number of amides is 2. The Morgan fingerprint density at radius 3 is 2.50 bits per heavy atom. The van der Waals surface area contributed by atoms with Crippen molar-refractivity contribution in [3.05, 3.63) is 0 Å². The Hall–Kier alpha value is -0.310. The van der Waals surface area contributed by atoms with Gasteiger partial charge >= 0.3 is 0 Å². The van der Waals surface area contributed by atoms with E-state index in [1.807, 2.05) is 14.0 Å². The summed E-state index contributed by atoms with van der Waals surface area (Å²) in [5, 5.41) is 2.60. The van der Waals surface area contributed by atoms with Crippen LogP contribution in [-0.4, -0.2) is 48.4 Å². The van der Waals surface area contributed by atoms with Crippen molar-refractivity contribution in [2.75, 3.05) is 20.1 Å². The fourth-order valence-electron chi connectivity index (χ4n) is 2.91. The summed E-state index contributed by atoms with van der Waals surface area (Å²) in [6.07, 6.45) is 4.83. The van der Waals surface area contributed by atoms with Gasteiger partial charge in [-0.3, -0.25) is 9.59 Å². The Labute approximate surface area is 148 Å². The Morgan fingerprint density at radius 2 is 2.00 bits per heavy atom. The van der Waals surface area contributed by atoms with Crippen LogP contribution in [0.25, 0.3) is 0 Å². The minimum Gasteiger partial charge on any atom is -0.356 e. The van der Waals surface area contributed by atoms with E-state index < -0.39 is 0 Å². The molecule has 126 valence electrons. The first kappa shape index (κ1) is 19.7. The van der Waals surface area contributed by atoms with E-state index in [1.54, 1.807) is 4.90 Å². The van der Waals surface area contributed by atoms with Crippen molar-refractivity contribution in [2.45, 2.75) is 44.3 Å². The summed E-state index contributed by atoms with van der Waals surface area (Å²) in [7, 11) is 3.21. The molecular weight excluding hydrogens is 415 g/mol. The number of rotatable bonds is 8. The van der Waals surface area contributed by atoms with Crippen LogP contribution in [0.3, 0.4) is 0 Å². The molecule has 0 aromatic carbocycles. The Morgan fingerprint density at radius 1 is 1.36 bits per heavy atom. The van der Waals surface area contributed by atoms with Gasteiger partial charge in [-0.2, -0.15) is 0 Å². The molecule has 22 heavy (non-hydrogen) atoms. The van der Waals surface area contributed by atoms with Gasteiger partial charge in [-0.05, 0) is 59.7 Å². The van der Waals surface area contributed by atoms with Crippen LogP contribution in [0.15, 0.2) is 0 Å². The Kier molecular flexibility index (Phi) is 9.39. The summed E-state index contributed by atoms with van der Waals surface area (Å²) in [4.78, 5) is 36.5. The van der Waals surface area contributed by atoms with Crippen molar-refractivity contribution in [3.8, 4) is 0 Å². The Balaban J connectivity index is 2.41. The predicted octanol–water partition coefficient (Wildman–Crippen LogP) is 2.43. The molecule has 0 aliphatic heterocycles. The molecule has 7 heteroatoms. The van der Waals surface area contributed by atoms with E-state index in [-0.39, 0.29) is 29.4 Å². The van der Waals surface area contributed by atoms with E-state index in [2.05, 4.69) is 26.5 Å². The molecule has 0 bridgehead atoms. The molecule has 1 saturated carbocycles. The van der Waals surface area contributed by atoms with Crippen LogP contribution in [0.1, 0.15) is 39.0 Å². The van der Waals surface area contributed by atoms with E-state index in [0.29, 0.717) is 19.0 Å². The summed E-state index contributed by atoms with van der Waals surface area (Å²) in [5.41, 5.74) is 0. The molecule has 1 aliphatic rings. The van der Waals surface area contributed by atoms with Crippen molar-refractivity contribution >= 4 is 48.2 Å². The lowest BCUT2D eigenvalue weighted by atomic mass is 9.81. The quantitative estimate of drug-likeness (QED) is 0.465. The number of aldehydes is 1. The van der Waals surface area contributed by atoms with E-state index in [1.165, 1.54) is 8.93 Å². The van der Waals surface area contributed by atoms with E-state index >= 15 is 0 Å². The normalized spacial score (nSPS) is 22.7. The standard InChI is InChI=1S/C15H25IN2O3S/c1-3-17-14(20)12-6-4-11(5-7-12)10-18(2)15(21)13(22-16)8-9-19/h9,11-13H,3-8,10H2,1-2H3,(H,17,20). The highest BCUT2D eigenvalue weighted by Gasteiger charge is 2.29. The Bertz CT molecular complexity index is 387. The number of halogens is 1. The first-order chi connectivity index (χ1) is 10.5. The number of nitrogens with zero attached hydrogens (tertiary/aromatic N) is 1. The van der Waals surface area contributed by atoms with Crippen LogP contribution in [0.4, 0.5) is 0 Å². The SMILES string of the molecule is CCNC(=O)C1CCC(CN(C)C(=O)C(CC=O)SI)CC1. The molecule has 0 aromatic heterocycles. The van der Waals surface area contributed by atoms with Crippen molar-refractivity contribution in [3.63, 3.8) is 0 Å². The minimum atomic E-state index is -0.283. The molecule has 1 atom stereocenters. The summed E-state index contributed by atoms with van der Waals surface area (Å²) in [6, 6.07) is 0. The minimum absolute atomic E-state index is 0.0253. The van der Waals surface area contributed by atoms with Gasteiger partial charge < -0.3 is 15.0 Å². The molecule has 0 aromatic rings. The third kappa shape index (κ3) is 6.06. The highest BCUT2D eigenvalue weighted by Crippen LogP contribution is 2.30. The fraction of sp³-hybridized carbons (Fsp3) is 0.800. The zero-order valence-electron chi connectivity index (χ0n) is 13.2. The van der Waals surface area contributed by atoms with Crippen LogP contribution in [0.2, 0.25) is 0 Å². The van der Waals surface area contributed by atoms with Crippen LogP contribution in [-0.2, 0) is 14.4 Å². The van der Waals surface area contributed by atoms with Gasteiger partial charge in [-0.15, -0.1) is 0 Å². The zero-order chi connectivity index (χ0) is 16.5.